The molecule has 0 saturated carbocycles. The van der Waals surface area contributed by atoms with Crippen LogP contribution in [0.2, 0.25) is 0 Å². The first kappa shape index (κ1) is 20.2. The zero-order valence-corrected chi connectivity index (χ0v) is 17.0. The highest BCUT2D eigenvalue weighted by Gasteiger charge is 2.17. The number of aliphatic imine (C=N–C) groups is 1. The summed E-state index contributed by atoms with van der Waals surface area (Å²) in [5.41, 5.74) is 2.55. The molecule has 1 aliphatic heterocycles. The molecule has 1 atom stereocenters. The lowest BCUT2D eigenvalue weighted by molar-refractivity contribution is 0.210. The van der Waals surface area contributed by atoms with Gasteiger partial charge in [-0.1, -0.05) is 29.8 Å². The maximum absolute atomic E-state index is 4.71. The molecule has 0 spiro atoms. The first-order valence-electron chi connectivity index (χ1n) is 8.43. The van der Waals surface area contributed by atoms with Gasteiger partial charge in [-0.2, -0.15) is 0 Å². The molecule has 130 valence electrons. The first-order chi connectivity index (χ1) is 10.7. The molecule has 1 aromatic carbocycles. The van der Waals surface area contributed by atoms with Crippen molar-refractivity contribution in [2.24, 2.45) is 10.9 Å². The average Bonchev–Trinajstić information content (AvgIpc) is 2.50. The van der Waals surface area contributed by atoms with Gasteiger partial charge in [0.1, 0.15) is 0 Å². The van der Waals surface area contributed by atoms with Gasteiger partial charge in [0.25, 0.3) is 0 Å². The van der Waals surface area contributed by atoms with Crippen molar-refractivity contribution >= 4 is 29.9 Å². The van der Waals surface area contributed by atoms with Gasteiger partial charge < -0.3 is 15.5 Å². The molecule has 1 fully saturated rings. The molecule has 1 saturated heterocycles. The van der Waals surface area contributed by atoms with Gasteiger partial charge >= 0.3 is 0 Å². The van der Waals surface area contributed by atoms with E-state index in [1.54, 1.807) is 0 Å². The molecule has 2 rings (SSSR count). The molecule has 1 aliphatic rings. The molecular formula is C18H31IN4. The Balaban J connectivity index is 0.00000264. The number of nitrogens with one attached hydrogen (secondary N) is 2. The molecule has 1 aromatic rings. The van der Waals surface area contributed by atoms with E-state index in [2.05, 4.69) is 60.7 Å². The van der Waals surface area contributed by atoms with E-state index in [9.17, 15) is 0 Å². The van der Waals surface area contributed by atoms with Crippen molar-refractivity contribution in [1.29, 1.82) is 0 Å². The van der Waals surface area contributed by atoms with Crippen LogP contribution >= 0.6 is 24.0 Å². The molecule has 5 heteroatoms. The molecule has 0 radical (unpaired) electrons. The molecule has 0 aromatic heterocycles. The number of aryl methyl sites for hydroxylation is 1. The quantitative estimate of drug-likeness (QED) is 0.429. The predicted octanol–water partition coefficient (Wildman–Crippen LogP) is 3.01. The molecule has 0 amide bonds. The van der Waals surface area contributed by atoms with E-state index in [4.69, 9.17) is 4.99 Å². The summed E-state index contributed by atoms with van der Waals surface area (Å²) < 4.78 is 0. The predicted molar refractivity (Wildman–Crippen MR) is 110 cm³/mol. The fraction of sp³-hybridized carbons (Fsp3) is 0.611. The van der Waals surface area contributed by atoms with Crippen LogP contribution in [0.15, 0.2) is 29.3 Å². The lowest BCUT2D eigenvalue weighted by Gasteiger charge is -2.30. The number of likely N-dealkylation sites (tertiary alicyclic amines) is 1. The van der Waals surface area contributed by atoms with Gasteiger partial charge in [0, 0.05) is 19.6 Å². The number of halogens is 1. The summed E-state index contributed by atoms with van der Waals surface area (Å²) in [6.45, 7) is 9.27. The maximum atomic E-state index is 4.71. The standard InChI is InChI=1S/C18H30N4.HI/c1-4-19-18(20-12-16-8-5-7-15(2)11-16)21-13-17-9-6-10-22(3)14-17;/h5,7-8,11,17H,4,6,9-10,12-14H2,1-3H3,(H2,19,20,21);1H. The number of nitrogens with zero attached hydrogens (tertiary/aromatic N) is 2. The normalized spacial score (nSPS) is 19.1. The minimum Gasteiger partial charge on any atom is -0.357 e. The highest BCUT2D eigenvalue weighted by atomic mass is 127. The van der Waals surface area contributed by atoms with Gasteiger partial charge in [0.2, 0.25) is 0 Å². The number of piperidine rings is 1. The van der Waals surface area contributed by atoms with Gasteiger partial charge in [-0.3, -0.25) is 0 Å². The number of hydrogen-bond acceptors (Lipinski definition) is 2. The second-order valence-corrected chi connectivity index (χ2v) is 6.34. The van der Waals surface area contributed by atoms with Crippen molar-refractivity contribution in [3.05, 3.63) is 35.4 Å². The number of benzene rings is 1. The summed E-state index contributed by atoms with van der Waals surface area (Å²) in [6, 6.07) is 8.55. The summed E-state index contributed by atoms with van der Waals surface area (Å²) in [5.74, 6) is 1.65. The summed E-state index contributed by atoms with van der Waals surface area (Å²) in [4.78, 5) is 7.13. The van der Waals surface area contributed by atoms with Crippen LogP contribution in [0.1, 0.15) is 30.9 Å². The topological polar surface area (TPSA) is 39.7 Å². The second kappa shape index (κ2) is 10.9. The zero-order chi connectivity index (χ0) is 15.8. The Morgan fingerprint density at radius 3 is 2.87 bits per heavy atom. The Hall–Kier alpha value is -0.820. The lowest BCUT2D eigenvalue weighted by Crippen LogP contribution is -2.43. The van der Waals surface area contributed by atoms with Crippen LogP contribution in [0.4, 0.5) is 0 Å². The molecule has 0 bridgehead atoms. The second-order valence-electron chi connectivity index (χ2n) is 6.34. The Morgan fingerprint density at radius 1 is 1.35 bits per heavy atom. The van der Waals surface area contributed by atoms with Crippen LogP contribution in [0.25, 0.3) is 0 Å². The van der Waals surface area contributed by atoms with Crippen molar-refractivity contribution in [3.8, 4) is 0 Å². The first-order valence-corrected chi connectivity index (χ1v) is 8.43. The minimum atomic E-state index is 0. The summed E-state index contributed by atoms with van der Waals surface area (Å²) in [6.07, 6.45) is 2.62. The van der Waals surface area contributed by atoms with Crippen LogP contribution in [0.3, 0.4) is 0 Å². The third-order valence-electron chi connectivity index (χ3n) is 4.13. The van der Waals surface area contributed by atoms with Crippen LogP contribution in [-0.2, 0) is 6.54 Å². The van der Waals surface area contributed by atoms with E-state index in [1.165, 1.54) is 37.1 Å². The van der Waals surface area contributed by atoms with Crippen molar-refractivity contribution in [3.63, 3.8) is 0 Å². The van der Waals surface area contributed by atoms with Gasteiger partial charge in [-0.25, -0.2) is 4.99 Å². The fourth-order valence-corrected chi connectivity index (χ4v) is 3.00. The van der Waals surface area contributed by atoms with Crippen LogP contribution < -0.4 is 10.6 Å². The Kier molecular flexibility index (Phi) is 9.55. The zero-order valence-electron chi connectivity index (χ0n) is 14.6. The van der Waals surface area contributed by atoms with Gasteiger partial charge in [-0.15, -0.1) is 24.0 Å². The molecule has 2 N–H and O–H groups in total. The molecule has 0 aliphatic carbocycles. The summed E-state index contributed by atoms with van der Waals surface area (Å²) >= 11 is 0. The van der Waals surface area contributed by atoms with E-state index in [0.29, 0.717) is 0 Å². The number of guanidine groups is 1. The van der Waals surface area contributed by atoms with Crippen molar-refractivity contribution in [2.75, 3.05) is 33.2 Å². The fourth-order valence-electron chi connectivity index (χ4n) is 3.00. The van der Waals surface area contributed by atoms with Crippen molar-refractivity contribution in [2.45, 2.75) is 33.2 Å². The van der Waals surface area contributed by atoms with Gasteiger partial charge in [-0.05, 0) is 51.8 Å². The summed E-state index contributed by atoms with van der Waals surface area (Å²) in [7, 11) is 2.21. The minimum absolute atomic E-state index is 0. The number of rotatable bonds is 5. The maximum Gasteiger partial charge on any atom is 0.191 e. The Bertz CT molecular complexity index is 490. The number of hydrogen-bond donors (Lipinski definition) is 2. The van der Waals surface area contributed by atoms with Crippen LogP contribution in [0.5, 0.6) is 0 Å². The van der Waals surface area contributed by atoms with E-state index < -0.39 is 0 Å². The highest BCUT2D eigenvalue weighted by Crippen LogP contribution is 2.13. The Labute approximate surface area is 158 Å². The van der Waals surface area contributed by atoms with E-state index >= 15 is 0 Å². The third-order valence-corrected chi connectivity index (χ3v) is 4.13. The monoisotopic (exact) mass is 430 g/mol. The van der Waals surface area contributed by atoms with E-state index in [1.807, 2.05) is 0 Å². The molecule has 1 unspecified atom stereocenters. The van der Waals surface area contributed by atoms with E-state index in [-0.39, 0.29) is 24.0 Å². The molecular weight excluding hydrogens is 399 g/mol. The molecule has 23 heavy (non-hydrogen) atoms. The third kappa shape index (κ3) is 7.52. The van der Waals surface area contributed by atoms with Crippen molar-refractivity contribution in [1.82, 2.24) is 15.5 Å². The van der Waals surface area contributed by atoms with E-state index in [0.717, 1.165) is 31.5 Å². The average molecular weight is 430 g/mol. The summed E-state index contributed by atoms with van der Waals surface area (Å²) in [5, 5.41) is 6.85. The smallest absolute Gasteiger partial charge is 0.191 e. The van der Waals surface area contributed by atoms with Gasteiger partial charge in [0.05, 0.1) is 6.54 Å². The van der Waals surface area contributed by atoms with Crippen LogP contribution in [0, 0.1) is 12.8 Å². The largest absolute Gasteiger partial charge is 0.357 e. The molecule has 4 nitrogen and oxygen atoms in total. The van der Waals surface area contributed by atoms with Crippen molar-refractivity contribution < 1.29 is 0 Å². The lowest BCUT2D eigenvalue weighted by atomic mass is 9.99. The highest BCUT2D eigenvalue weighted by molar-refractivity contribution is 14.0. The molecule has 1 heterocycles. The van der Waals surface area contributed by atoms with Gasteiger partial charge in [0.15, 0.2) is 5.96 Å². The SMILES string of the molecule is CCNC(=NCc1cccc(C)c1)NCC1CCCN(C)C1.I. The Morgan fingerprint density at radius 2 is 2.17 bits per heavy atom. The van der Waals surface area contributed by atoms with Crippen LogP contribution in [-0.4, -0.2) is 44.1 Å².